The third-order valence-electron chi connectivity index (χ3n) is 4.56. The highest BCUT2D eigenvalue weighted by Crippen LogP contribution is 2.25. The predicted octanol–water partition coefficient (Wildman–Crippen LogP) is 4.64. The molecule has 3 aromatic carbocycles. The number of rotatable bonds is 8. The molecule has 0 saturated heterocycles. The summed E-state index contributed by atoms with van der Waals surface area (Å²) < 4.78 is 55.2. The van der Waals surface area contributed by atoms with Crippen molar-refractivity contribution >= 4 is 21.7 Å². The van der Waals surface area contributed by atoms with E-state index in [9.17, 15) is 22.0 Å². The highest BCUT2D eigenvalue weighted by atomic mass is 32.2. The monoisotopic (exact) mass is 431 g/mol. The fourth-order valence-corrected chi connectivity index (χ4v) is 4.31. The molecule has 5 nitrogen and oxygen atoms in total. The Hall–Kier alpha value is -3.26. The molecule has 0 fully saturated rings. The Morgan fingerprint density at radius 2 is 1.50 bits per heavy atom. The van der Waals surface area contributed by atoms with E-state index < -0.39 is 32.5 Å². The lowest BCUT2D eigenvalue weighted by Gasteiger charge is -2.13. The van der Waals surface area contributed by atoms with E-state index in [2.05, 4.69) is 4.72 Å². The van der Waals surface area contributed by atoms with Gasteiger partial charge < -0.3 is 5.11 Å². The van der Waals surface area contributed by atoms with Gasteiger partial charge in [0.15, 0.2) is 4.90 Å². The maximum absolute atomic E-state index is 13.9. The number of aromatic carboxylic acids is 1. The first-order chi connectivity index (χ1) is 14.3. The number of carbonyl (C=O) groups is 1. The fraction of sp³-hybridized carbons (Fsp3) is 0.136. The molecule has 0 radical (unpaired) electrons. The lowest BCUT2D eigenvalue weighted by molar-refractivity contribution is 0.0697. The number of benzene rings is 3. The molecular formula is C22H19F2NO4S. The van der Waals surface area contributed by atoms with Gasteiger partial charge in [0.25, 0.3) is 10.0 Å². The Kier molecular flexibility index (Phi) is 6.47. The van der Waals surface area contributed by atoms with Crippen molar-refractivity contribution in [2.75, 3.05) is 4.72 Å². The summed E-state index contributed by atoms with van der Waals surface area (Å²) in [5.74, 6) is -3.32. The molecule has 0 bridgehead atoms. The summed E-state index contributed by atoms with van der Waals surface area (Å²) in [6.07, 6.45) is 1.83. The maximum atomic E-state index is 13.9. The van der Waals surface area contributed by atoms with Gasteiger partial charge in [-0.3, -0.25) is 4.72 Å². The summed E-state index contributed by atoms with van der Waals surface area (Å²) in [4.78, 5) is 9.89. The topological polar surface area (TPSA) is 83.5 Å². The van der Waals surface area contributed by atoms with E-state index in [0.29, 0.717) is 24.8 Å². The first kappa shape index (κ1) is 21.4. The number of hydrogen-bond acceptors (Lipinski definition) is 3. The van der Waals surface area contributed by atoms with E-state index in [1.54, 1.807) is 30.3 Å². The second kappa shape index (κ2) is 9.04. The van der Waals surface area contributed by atoms with Crippen molar-refractivity contribution in [2.45, 2.75) is 24.2 Å². The molecule has 0 aromatic heterocycles. The van der Waals surface area contributed by atoms with Crippen molar-refractivity contribution in [3.63, 3.8) is 0 Å². The van der Waals surface area contributed by atoms with Crippen LogP contribution in [-0.2, 0) is 22.9 Å². The number of carboxylic acid groups (broad SMARTS) is 1. The van der Waals surface area contributed by atoms with Crippen molar-refractivity contribution in [3.8, 4) is 0 Å². The zero-order chi connectivity index (χ0) is 21.7. The van der Waals surface area contributed by atoms with Crippen LogP contribution >= 0.6 is 0 Å². The molecule has 0 atom stereocenters. The van der Waals surface area contributed by atoms with Gasteiger partial charge in [0.2, 0.25) is 0 Å². The predicted molar refractivity (Wildman–Crippen MR) is 109 cm³/mol. The van der Waals surface area contributed by atoms with Crippen molar-refractivity contribution in [3.05, 3.63) is 95.1 Å². The van der Waals surface area contributed by atoms with Crippen LogP contribution in [0.3, 0.4) is 0 Å². The van der Waals surface area contributed by atoms with Gasteiger partial charge in [-0.25, -0.2) is 22.0 Å². The molecule has 0 aliphatic heterocycles. The summed E-state index contributed by atoms with van der Waals surface area (Å²) in [5, 5.41) is 8.94. The molecule has 2 N–H and O–H groups in total. The first-order valence-corrected chi connectivity index (χ1v) is 10.6. The molecule has 0 spiro atoms. The zero-order valence-corrected chi connectivity index (χ0v) is 16.6. The number of hydrogen-bond donors (Lipinski definition) is 2. The SMILES string of the molecule is O=C(O)c1ccc(CCCc2ccccc2NS(=O)(=O)c2c(F)cccc2F)cc1. The Labute approximate surface area is 173 Å². The minimum Gasteiger partial charge on any atom is -0.478 e. The number of halogens is 2. The zero-order valence-electron chi connectivity index (χ0n) is 15.8. The van der Waals surface area contributed by atoms with Crippen LogP contribution in [0, 0.1) is 11.6 Å². The quantitative estimate of drug-likeness (QED) is 0.544. The molecular weight excluding hydrogens is 412 g/mol. The third-order valence-corrected chi connectivity index (χ3v) is 5.98. The van der Waals surface area contributed by atoms with Gasteiger partial charge in [-0.1, -0.05) is 36.4 Å². The van der Waals surface area contributed by atoms with Gasteiger partial charge in [0, 0.05) is 0 Å². The Morgan fingerprint density at radius 1 is 0.867 bits per heavy atom. The standard InChI is InChI=1S/C22H19F2NO4S/c23-18-8-4-9-19(24)21(18)30(28,29)25-20-10-2-1-6-16(20)7-3-5-15-11-13-17(14-12-15)22(26)27/h1-2,4,6,8-14,25H,3,5,7H2,(H,26,27). The van der Waals surface area contributed by atoms with Gasteiger partial charge >= 0.3 is 5.97 Å². The largest absolute Gasteiger partial charge is 0.478 e. The Bertz CT molecular complexity index is 1140. The molecule has 0 aliphatic rings. The van der Waals surface area contributed by atoms with E-state index in [0.717, 1.165) is 23.8 Å². The molecule has 0 aliphatic carbocycles. The summed E-state index contributed by atoms with van der Waals surface area (Å²) in [6, 6.07) is 16.1. The van der Waals surface area contributed by atoms with Gasteiger partial charge in [-0.2, -0.15) is 0 Å². The van der Waals surface area contributed by atoms with E-state index >= 15 is 0 Å². The molecule has 3 aromatic rings. The van der Waals surface area contributed by atoms with Gasteiger partial charge in [0.1, 0.15) is 11.6 Å². The van der Waals surface area contributed by atoms with Crippen LogP contribution in [-0.4, -0.2) is 19.5 Å². The van der Waals surface area contributed by atoms with E-state index in [1.165, 1.54) is 18.2 Å². The molecule has 3 rings (SSSR count). The number of para-hydroxylation sites is 1. The van der Waals surface area contributed by atoms with Crippen molar-refractivity contribution in [1.29, 1.82) is 0 Å². The molecule has 0 saturated carbocycles. The Balaban J connectivity index is 1.72. The van der Waals surface area contributed by atoms with Crippen LogP contribution in [0.2, 0.25) is 0 Å². The Morgan fingerprint density at radius 3 is 2.13 bits per heavy atom. The molecule has 8 heteroatoms. The van der Waals surface area contributed by atoms with E-state index in [4.69, 9.17) is 5.11 Å². The smallest absolute Gasteiger partial charge is 0.335 e. The van der Waals surface area contributed by atoms with E-state index in [-0.39, 0.29) is 11.3 Å². The first-order valence-electron chi connectivity index (χ1n) is 9.15. The van der Waals surface area contributed by atoms with Gasteiger partial charge in [-0.15, -0.1) is 0 Å². The van der Waals surface area contributed by atoms with Crippen LogP contribution < -0.4 is 4.72 Å². The second-order valence-corrected chi connectivity index (χ2v) is 8.29. The second-order valence-electron chi connectivity index (χ2n) is 6.67. The summed E-state index contributed by atoms with van der Waals surface area (Å²) in [6.45, 7) is 0. The number of nitrogens with one attached hydrogen (secondary N) is 1. The van der Waals surface area contributed by atoms with Crippen molar-refractivity contribution in [2.24, 2.45) is 0 Å². The summed E-state index contributed by atoms with van der Waals surface area (Å²) >= 11 is 0. The van der Waals surface area contributed by atoms with Gasteiger partial charge in [0.05, 0.1) is 11.3 Å². The molecule has 0 heterocycles. The molecule has 0 amide bonds. The molecule has 30 heavy (non-hydrogen) atoms. The van der Waals surface area contributed by atoms with Crippen LogP contribution in [0.15, 0.2) is 71.6 Å². The summed E-state index contributed by atoms with van der Waals surface area (Å²) in [7, 11) is -4.44. The summed E-state index contributed by atoms with van der Waals surface area (Å²) in [5.41, 5.74) is 2.09. The van der Waals surface area contributed by atoms with Crippen molar-refractivity contribution in [1.82, 2.24) is 0 Å². The average Bonchev–Trinajstić information content (AvgIpc) is 2.69. The highest BCUT2D eigenvalue weighted by molar-refractivity contribution is 7.92. The normalized spacial score (nSPS) is 11.3. The number of sulfonamides is 1. The number of aryl methyl sites for hydroxylation is 2. The van der Waals surface area contributed by atoms with Crippen molar-refractivity contribution < 1.29 is 27.1 Å². The van der Waals surface area contributed by atoms with Crippen LogP contribution in [0.1, 0.15) is 27.9 Å². The minimum atomic E-state index is -4.44. The lowest BCUT2D eigenvalue weighted by atomic mass is 10.0. The fourth-order valence-electron chi connectivity index (χ4n) is 3.07. The average molecular weight is 431 g/mol. The third kappa shape index (κ3) is 5.01. The lowest BCUT2D eigenvalue weighted by Crippen LogP contribution is -2.17. The van der Waals surface area contributed by atoms with E-state index in [1.807, 2.05) is 0 Å². The minimum absolute atomic E-state index is 0.207. The number of anilines is 1. The van der Waals surface area contributed by atoms with Gasteiger partial charge in [-0.05, 0) is 60.7 Å². The van der Waals surface area contributed by atoms with Crippen LogP contribution in [0.25, 0.3) is 0 Å². The van der Waals surface area contributed by atoms with Crippen LogP contribution in [0.5, 0.6) is 0 Å². The number of carboxylic acids is 1. The molecule has 156 valence electrons. The van der Waals surface area contributed by atoms with Crippen LogP contribution in [0.4, 0.5) is 14.5 Å². The highest BCUT2D eigenvalue weighted by Gasteiger charge is 2.24. The molecule has 0 unspecified atom stereocenters. The maximum Gasteiger partial charge on any atom is 0.335 e.